The van der Waals surface area contributed by atoms with Gasteiger partial charge in [0.25, 0.3) is 0 Å². The number of hydrogen-bond acceptors (Lipinski definition) is 4. The molecule has 1 aromatic heterocycles. The van der Waals surface area contributed by atoms with Crippen molar-refractivity contribution in [3.8, 4) is 11.6 Å². The third-order valence-corrected chi connectivity index (χ3v) is 3.46. The molecule has 0 spiro atoms. The molecule has 0 radical (unpaired) electrons. The number of para-hydroxylation sites is 1. The number of hydrogen-bond donors (Lipinski definition) is 1. The molecular weight excluding hydrogens is 320 g/mol. The fourth-order valence-corrected chi connectivity index (χ4v) is 2.43. The lowest BCUT2D eigenvalue weighted by Crippen LogP contribution is -2.08. The summed E-state index contributed by atoms with van der Waals surface area (Å²) in [5.41, 5.74) is 2.02. The molecule has 0 amide bonds. The van der Waals surface area contributed by atoms with Gasteiger partial charge in [-0.25, -0.2) is 4.98 Å². The highest BCUT2D eigenvalue weighted by Gasteiger charge is 2.10. The average molecular weight is 337 g/mol. The van der Waals surface area contributed by atoms with Gasteiger partial charge in [0.15, 0.2) is 0 Å². The molecular formula is C15H17BrN2O2. The zero-order chi connectivity index (χ0) is 14.4. The van der Waals surface area contributed by atoms with Crippen LogP contribution in [0.4, 0.5) is 0 Å². The number of benzene rings is 1. The monoisotopic (exact) mass is 336 g/mol. The Hall–Kier alpha value is -1.59. The topological polar surface area (TPSA) is 43.4 Å². The molecule has 0 saturated heterocycles. The Morgan fingerprint density at radius 1 is 1.20 bits per heavy atom. The number of pyridine rings is 1. The van der Waals surface area contributed by atoms with E-state index >= 15 is 0 Å². The van der Waals surface area contributed by atoms with Crippen LogP contribution in [0.5, 0.6) is 11.6 Å². The van der Waals surface area contributed by atoms with Crippen LogP contribution in [0.2, 0.25) is 0 Å². The highest BCUT2D eigenvalue weighted by atomic mass is 79.9. The summed E-state index contributed by atoms with van der Waals surface area (Å²) in [5, 5.41) is 3.13. The molecule has 0 atom stereocenters. The van der Waals surface area contributed by atoms with Crippen molar-refractivity contribution >= 4 is 15.9 Å². The molecule has 4 nitrogen and oxygen atoms in total. The lowest BCUT2D eigenvalue weighted by molar-refractivity contribution is 0.289. The van der Waals surface area contributed by atoms with E-state index in [-0.39, 0.29) is 0 Å². The Morgan fingerprint density at radius 3 is 2.75 bits per heavy atom. The van der Waals surface area contributed by atoms with E-state index in [0.717, 1.165) is 27.9 Å². The molecule has 0 aliphatic rings. The summed E-state index contributed by atoms with van der Waals surface area (Å²) in [4.78, 5) is 4.16. The molecule has 0 saturated carbocycles. The van der Waals surface area contributed by atoms with E-state index in [1.165, 1.54) is 0 Å². The zero-order valence-electron chi connectivity index (χ0n) is 11.5. The van der Waals surface area contributed by atoms with Crippen LogP contribution in [0, 0.1) is 0 Å². The van der Waals surface area contributed by atoms with Crippen molar-refractivity contribution in [3.63, 3.8) is 0 Å². The minimum absolute atomic E-state index is 0.413. The van der Waals surface area contributed by atoms with Crippen LogP contribution in [0.1, 0.15) is 11.1 Å². The first-order valence-electron chi connectivity index (χ1n) is 6.29. The number of rotatable bonds is 6. The molecule has 1 heterocycles. The van der Waals surface area contributed by atoms with E-state index in [2.05, 4.69) is 26.2 Å². The van der Waals surface area contributed by atoms with Gasteiger partial charge in [-0.3, -0.25) is 0 Å². The van der Waals surface area contributed by atoms with E-state index in [9.17, 15) is 0 Å². The van der Waals surface area contributed by atoms with E-state index in [0.29, 0.717) is 12.5 Å². The molecule has 1 N–H and O–H groups in total. The molecule has 1 aromatic carbocycles. The summed E-state index contributed by atoms with van der Waals surface area (Å²) >= 11 is 3.53. The summed E-state index contributed by atoms with van der Waals surface area (Å²) in [7, 11) is 3.52. The molecule has 20 heavy (non-hydrogen) atoms. The predicted octanol–water partition coefficient (Wildman–Crippen LogP) is 3.15. The van der Waals surface area contributed by atoms with E-state index < -0.39 is 0 Å². The highest BCUT2D eigenvalue weighted by Crippen LogP contribution is 2.30. The lowest BCUT2D eigenvalue weighted by atomic mass is 10.2. The number of methoxy groups -OCH3 is 1. The molecule has 5 heteroatoms. The van der Waals surface area contributed by atoms with Gasteiger partial charge >= 0.3 is 0 Å². The largest absolute Gasteiger partial charge is 0.487 e. The summed E-state index contributed by atoms with van der Waals surface area (Å²) in [5.74, 6) is 1.43. The second-order valence-electron chi connectivity index (χ2n) is 4.22. The van der Waals surface area contributed by atoms with Crippen molar-refractivity contribution < 1.29 is 9.47 Å². The second kappa shape index (κ2) is 7.26. The summed E-state index contributed by atoms with van der Waals surface area (Å²) < 4.78 is 12.1. The number of aromatic nitrogens is 1. The first kappa shape index (κ1) is 14.8. The van der Waals surface area contributed by atoms with Crippen LogP contribution < -0.4 is 14.8 Å². The Kier molecular flexibility index (Phi) is 5.38. The van der Waals surface area contributed by atoms with Crippen molar-refractivity contribution in [3.05, 3.63) is 52.1 Å². The van der Waals surface area contributed by atoms with Crippen molar-refractivity contribution in [2.24, 2.45) is 0 Å². The maximum absolute atomic E-state index is 5.94. The van der Waals surface area contributed by atoms with Crippen LogP contribution in [-0.4, -0.2) is 19.1 Å². The minimum atomic E-state index is 0.413. The fourth-order valence-electron chi connectivity index (χ4n) is 1.91. The van der Waals surface area contributed by atoms with Gasteiger partial charge in [0.1, 0.15) is 12.4 Å². The van der Waals surface area contributed by atoms with Gasteiger partial charge in [-0.2, -0.15) is 0 Å². The average Bonchev–Trinajstić information content (AvgIpc) is 2.47. The standard InChI is InChI=1S/C15H17BrN2O2/c1-17-9-11-5-3-7-13(16)14(11)20-10-12-6-4-8-18-15(12)19-2/h3-8,17H,9-10H2,1-2H3. The van der Waals surface area contributed by atoms with Crippen LogP contribution in [-0.2, 0) is 13.2 Å². The minimum Gasteiger partial charge on any atom is -0.487 e. The molecule has 0 fully saturated rings. The van der Waals surface area contributed by atoms with Crippen molar-refractivity contribution in [1.82, 2.24) is 10.3 Å². The van der Waals surface area contributed by atoms with Crippen LogP contribution in [0.3, 0.4) is 0 Å². The SMILES string of the molecule is CNCc1cccc(Br)c1OCc1cccnc1OC. The van der Waals surface area contributed by atoms with Crippen LogP contribution in [0.25, 0.3) is 0 Å². The summed E-state index contributed by atoms with van der Waals surface area (Å²) in [6.07, 6.45) is 1.70. The van der Waals surface area contributed by atoms with Gasteiger partial charge in [0, 0.05) is 18.3 Å². The highest BCUT2D eigenvalue weighted by molar-refractivity contribution is 9.10. The molecule has 0 aliphatic carbocycles. The van der Waals surface area contributed by atoms with E-state index in [1.807, 2.05) is 37.4 Å². The lowest BCUT2D eigenvalue weighted by Gasteiger charge is -2.14. The molecule has 0 unspecified atom stereocenters. The van der Waals surface area contributed by atoms with Crippen molar-refractivity contribution in [1.29, 1.82) is 0 Å². The first-order chi connectivity index (χ1) is 9.76. The number of nitrogens with zero attached hydrogens (tertiary/aromatic N) is 1. The number of halogens is 1. The van der Waals surface area contributed by atoms with E-state index in [1.54, 1.807) is 13.3 Å². The molecule has 2 aromatic rings. The molecule has 2 rings (SSSR count). The van der Waals surface area contributed by atoms with Gasteiger partial charge < -0.3 is 14.8 Å². The summed E-state index contributed by atoms with van der Waals surface area (Å²) in [6, 6.07) is 9.82. The van der Waals surface area contributed by atoms with Gasteiger partial charge in [-0.15, -0.1) is 0 Å². The van der Waals surface area contributed by atoms with Crippen molar-refractivity contribution in [2.45, 2.75) is 13.2 Å². The summed E-state index contributed by atoms with van der Waals surface area (Å²) in [6.45, 7) is 1.16. The normalized spacial score (nSPS) is 10.3. The predicted molar refractivity (Wildman–Crippen MR) is 82.0 cm³/mol. The van der Waals surface area contributed by atoms with Gasteiger partial charge in [0.2, 0.25) is 5.88 Å². The van der Waals surface area contributed by atoms with Crippen LogP contribution >= 0.6 is 15.9 Å². The van der Waals surface area contributed by atoms with Crippen molar-refractivity contribution in [2.75, 3.05) is 14.2 Å². The second-order valence-corrected chi connectivity index (χ2v) is 5.07. The Balaban J connectivity index is 2.18. The smallest absolute Gasteiger partial charge is 0.219 e. The molecule has 106 valence electrons. The van der Waals surface area contributed by atoms with E-state index in [4.69, 9.17) is 9.47 Å². The maximum Gasteiger partial charge on any atom is 0.219 e. The number of nitrogens with one attached hydrogen (secondary N) is 1. The van der Waals surface area contributed by atoms with Crippen LogP contribution in [0.15, 0.2) is 41.0 Å². The third-order valence-electron chi connectivity index (χ3n) is 2.83. The van der Waals surface area contributed by atoms with Gasteiger partial charge in [-0.1, -0.05) is 12.1 Å². The molecule has 0 bridgehead atoms. The third kappa shape index (κ3) is 3.49. The Morgan fingerprint density at radius 2 is 2.00 bits per heavy atom. The number of ether oxygens (including phenoxy) is 2. The first-order valence-corrected chi connectivity index (χ1v) is 7.08. The Bertz CT molecular complexity index is 576. The molecule has 0 aliphatic heterocycles. The maximum atomic E-state index is 5.94. The quantitative estimate of drug-likeness (QED) is 0.879. The fraction of sp³-hybridized carbons (Fsp3) is 0.267. The van der Waals surface area contributed by atoms with Gasteiger partial charge in [-0.05, 0) is 41.2 Å². The van der Waals surface area contributed by atoms with Gasteiger partial charge in [0.05, 0.1) is 17.1 Å². The Labute approximate surface area is 127 Å². The zero-order valence-corrected chi connectivity index (χ0v) is 13.1.